The topological polar surface area (TPSA) is 52.6 Å². The molecule has 0 rings (SSSR count). The van der Waals surface area contributed by atoms with Crippen LogP contribution in [0.25, 0.3) is 0 Å². The first kappa shape index (κ1) is 32.7. The smallest absolute Gasteiger partial charge is 0.340 e. The maximum absolute atomic E-state index is 12.7. The lowest BCUT2D eigenvalue weighted by Crippen LogP contribution is -2.33. The van der Waals surface area contributed by atoms with E-state index < -0.39 is 30.9 Å². The average Bonchev–Trinajstić information content (AvgIpc) is 2.79. The molecule has 0 N–H and O–H groups in total. The molecule has 0 heterocycles. The van der Waals surface area contributed by atoms with Crippen LogP contribution in [0.3, 0.4) is 0 Å². The first-order chi connectivity index (χ1) is 16.3. The van der Waals surface area contributed by atoms with E-state index in [0.29, 0.717) is 6.61 Å². The number of alkyl halides is 4. The molecule has 0 aromatic heterocycles. The summed E-state index contributed by atoms with van der Waals surface area (Å²) in [6.07, 6.45) is 16.1. The Bertz CT molecular complexity index is 501. The fraction of sp³-hybridized carbons (Fsp3) is 0.923. The second-order valence-corrected chi connectivity index (χ2v) is 9.10. The third-order valence-electron chi connectivity index (χ3n) is 5.77. The number of esters is 2. The van der Waals surface area contributed by atoms with Gasteiger partial charge in [-0.25, -0.2) is 8.78 Å². The van der Waals surface area contributed by atoms with Gasteiger partial charge in [-0.05, 0) is 12.8 Å². The van der Waals surface area contributed by atoms with Crippen LogP contribution in [0.5, 0.6) is 0 Å². The van der Waals surface area contributed by atoms with E-state index in [-0.39, 0.29) is 19.3 Å². The highest BCUT2D eigenvalue weighted by Crippen LogP contribution is 2.23. The Morgan fingerprint density at radius 3 is 1.41 bits per heavy atom. The van der Waals surface area contributed by atoms with Gasteiger partial charge in [0.25, 0.3) is 0 Å². The van der Waals surface area contributed by atoms with E-state index >= 15 is 0 Å². The van der Waals surface area contributed by atoms with E-state index in [0.717, 1.165) is 19.3 Å². The van der Waals surface area contributed by atoms with Crippen molar-refractivity contribution in [3.05, 3.63) is 0 Å². The normalized spacial score (nSPS) is 11.7. The van der Waals surface area contributed by atoms with Crippen LogP contribution in [0.15, 0.2) is 0 Å². The molecular weight excluding hydrogens is 452 g/mol. The van der Waals surface area contributed by atoms with E-state index in [1.54, 1.807) is 0 Å². The van der Waals surface area contributed by atoms with Gasteiger partial charge >= 0.3 is 24.3 Å². The summed E-state index contributed by atoms with van der Waals surface area (Å²) in [4.78, 5) is 22.9. The van der Waals surface area contributed by atoms with Gasteiger partial charge in [-0.3, -0.25) is 9.59 Å². The molecular formula is C26H46F4O4. The summed E-state index contributed by atoms with van der Waals surface area (Å²) in [6.45, 7) is 0.909. The van der Waals surface area contributed by atoms with Crippen molar-refractivity contribution in [1.82, 2.24) is 0 Å². The van der Waals surface area contributed by atoms with Gasteiger partial charge in [-0.2, -0.15) is 8.78 Å². The minimum atomic E-state index is -4.36. The van der Waals surface area contributed by atoms with Crippen LogP contribution in [0.2, 0.25) is 0 Å². The lowest BCUT2D eigenvalue weighted by Gasteiger charge is -2.14. The Balaban J connectivity index is 3.35. The third kappa shape index (κ3) is 21.2. The molecule has 0 aromatic rings. The monoisotopic (exact) mass is 498 g/mol. The molecule has 0 unspecified atom stereocenters. The molecule has 202 valence electrons. The van der Waals surface area contributed by atoms with E-state index in [2.05, 4.69) is 11.7 Å². The van der Waals surface area contributed by atoms with Crippen molar-refractivity contribution in [1.29, 1.82) is 0 Å². The standard InChI is InChI=1S/C26H46F4O4/c1-2-3-4-5-6-7-8-9-10-11-12-13-14-15-16-17-21-33-23(31)19-18-20-24(32)34-22-26(29,30)25(27)28/h25H,2-22H2,1H3. The Kier molecular flexibility index (Phi) is 21.3. The number of hydrogen-bond acceptors (Lipinski definition) is 4. The highest BCUT2D eigenvalue weighted by atomic mass is 19.3. The van der Waals surface area contributed by atoms with Crippen molar-refractivity contribution >= 4 is 11.9 Å². The number of carbonyl (C=O) groups is 2. The van der Waals surface area contributed by atoms with E-state index in [1.165, 1.54) is 83.5 Å². The van der Waals surface area contributed by atoms with Gasteiger partial charge in [0.15, 0.2) is 6.61 Å². The molecule has 0 aromatic carbocycles. The quantitative estimate of drug-likeness (QED) is 0.0761. The number of rotatable bonds is 24. The van der Waals surface area contributed by atoms with Crippen molar-refractivity contribution in [2.24, 2.45) is 0 Å². The van der Waals surface area contributed by atoms with Crippen LogP contribution in [0.4, 0.5) is 17.6 Å². The molecule has 0 aliphatic carbocycles. The van der Waals surface area contributed by atoms with Gasteiger partial charge in [0.2, 0.25) is 0 Å². The molecule has 0 aliphatic rings. The summed E-state index contributed by atoms with van der Waals surface area (Å²) >= 11 is 0. The lowest BCUT2D eigenvalue weighted by molar-refractivity contribution is -0.179. The van der Waals surface area contributed by atoms with Gasteiger partial charge in [0.05, 0.1) is 6.61 Å². The summed E-state index contributed by atoms with van der Waals surface area (Å²) in [5.74, 6) is -5.86. The van der Waals surface area contributed by atoms with Crippen molar-refractivity contribution in [3.8, 4) is 0 Å². The molecule has 34 heavy (non-hydrogen) atoms. The fourth-order valence-corrected chi connectivity index (χ4v) is 3.60. The predicted molar refractivity (Wildman–Crippen MR) is 126 cm³/mol. The Morgan fingerprint density at radius 2 is 1.00 bits per heavy atom. The Labute approximate surface area is 203 Å². The second kappa shape index (κ2) is 22.1. The number of unbranched alkanes of at least 4 members (excludes halogenated alkanes) is 15. The van der Waals surface area contributed by atoms with Crippen LogP contribution in [-0.4, -0.2) is 37.5 Å². The molecule has 0 spiro atoms. The van der Waals surface area contributed by atoms with Crippen LogP contribution in [0, 0.1) is 0 Å². The van der Waals surface area contributed by atoms with Gasteiger partial charge in [0.1, 0.15) is 0 Å². The van der Waals surface area contributed by atoms with Crippen molar-refractivity contribution in [2.75, 3.05) is 13.2 Å². The molecule has 0 saturated carbocycles. The summed E-state index contributed by atoms with van der Waals surface area (Å²) in [5.41, 5.74) is 0. The minimum Gasteiger partial charge on any atom is -0.466 e. The summed E-state index contributed by atoms with van der Waals surface area (Å²) in [5, 5.41) is 0. The van der Waals surface area contributed by atoms with Gasteiger partial charge in [-0.1, -0.05) is 103 Å². The van der Waals surface area contributed by atoms with Crippen LogP contribution in [-0.2, 0) is 19.1 Å². The Morgan fingerprint density at radius 1 is 0.618 bits per heavy atom. The fourth-order valence-electron chi connectivity index (χ4n) is 3.60. The first-order valence-corrected chi connectivity index (χ1v) is 13.3. The molecule has 0 fully saturated rings. The third-order valence-corrected chi connectivity index (χ3v) is 5.77. The summed E-state index contributed by atoms with van der Waals surface area (Å²) < 4.78 is 58.4. The molecule has 0 bridgehead atoms. The van der Waals surface area contributed by atoms with Crippen LogP contribution < -0.4 is 0 Å². The summed E-state index contributed by atoms with van der Waals surface area (Å²) in [6, 6.07) is 0. The number of halogens is 4. The van der Waals surface area contributed by atoms with Crippen LogP contribution >= 0.6 is 0 Å². The van der Waals surface area contributed by atoms with Crippen molar-refractivity contribution < 1.29 is 36.6 Å². The molecule has 8 heteroatoms. The average molecular weight is 499 g/mol. The summed E-state index contributed by atoms with van der Waals surface area (Å²) in [7, 11) is 0. The zero-order valence-electron chi connectivity index (χ0n) is 21.1. The maximum atomic E-state index is 12.7. The lowest BCUT2D eigenvalue weighted by atomic mass is 10.0. The zero-order chi connectivity index (χ0) is 25.5. The van der Waals surface area contributed by atoms with Gasteiger partial charge < -0.3 is 9.47 Å². The zero-order valence-corrected chi connectivity index (χ0v) is 21.1. The minimum absolute atomic E-state index is 0.0425. The molecule has 0 aliphatic heterocycles. The maximum Gasteiger partial charge on any atom is 0.340 e. The highest BCUT2D eigenvalue weighted by molar-refractivity contribution is 5.72. The van der Waals surface area contributed by atoms with Crippen molar-refractivity contribution in [2.45, 2.75) is 141 Å². The van der Waals surface area contributed by atoms with Gasteiger partial charge in [0, 0.05) is 12.8 Å². The SMILES string of the molecule is CCCCCCCCCCCCCCCCCCOC(=O)CCCC(=O)OCC(F)(F)C(F)F. The molecule has 0 amide bonds. The molecule has 4 nitrogen and oxygen atoms in total. The second-order valence-electron chi connectivity index (χ2n) is 9.10. The number of hydrogen-bond donors (Lipinski definition) is 0. The largest absolute Gasteiger partial charge is 0.466 e. The predicted octanol–water partition coefficient (Wildman–Crippen LogP) is 8.41. The van der Waals surface area contributed by atoms with Gasteiger partial charge in [-0.15, -0.1) is 0 Å². The van der Waals surface area contributed by atoms with Crippen molar-refractivity contribution in [3.63, 3.8) is 0 Å². The Hall–Kier alpha value is -1.34. The highest BCUT2D eigenvalue weighted by Gasteiger charge is 2.42. The first-order valence-electron chi connectivity index (χ1n) is 13.3. The number of ether oxygens (including phenoxy) is 2. The van der Waals surface area contributed by atoms with Crippen LogP contribution in [0.1, 0.15) is 129 Å². The molecule has 0 radical (unpaired) electrons. The molecule has 0 saturated heterocycles. The number of carbonyl (C=O) groups excluding carboxylic acids is 2. The molecule has 0 atom stereocenters. The van der Waals surface area contributed by atoms with E-state index in [4.69, 9.17) is 4.74 Å². The van der Waals surface area contributed by atoms with E-state index in [9.17, 15) is 27.2 Å². The van der Waals surface area contributed by atoms with E-state index in [1.807, 2.05) is 0 Å².